The summed E-state index contributed by atoms with van der Waals surface area (Å²) in [5.41, 5.74) is 1.16. The first-order valence-electron chi connectivity index (χ1n) is 17.7. The minimum Gasteiger partial charge on any atom is -0.480 e. The van der Waals surface area contributed by atoms with Gasteiger partial charge < -0.3 is 31.1 Å². The number of carboxylic acids is 2. The highest BCUT2D eigenvalue weighted by atomic mass is 16.4. The SMILES string of the molecule is C[C@H](CCC(=O)N[C@@H](CCC(=O)NCc1ccc(C(=O)O)cc1)C(=O)O)[C@H]1CC[C@H]2[C@@H]3[C@H](O)C[C@@H]4C[C@H](O)CC[C@]4(C)[C@H]3CC[C@]12C. The number of carboxylic acid groups (broad SMARTS) is 2. The highest BCUT2D eigenvalue weighted by Gasteiger charge is 2.62. The van der Waals surface area contributed by atoms with Gasteiger partial charge in [0.1, 0.15) is 6.04 Å². The third-order valence-corrected chi connectivity index (χ3v) is 13.2. The van der Waals surface area contributed by atoms with Gasteiger partial charge >= 0.3 is 11.9 Å². The van der Waals surface area contributed by atoms with E-state index >= 15 is 0 Å². The number of rotatable bonds is 12. The molecule has 0 aromatic heterocycles. The number of carbonyl (C=O) groups is 4. The molecule has 11 atom stereocenters. The largest absolute Gasteiger partial charge is 0.480 e. The zero-order valence-electron chi connectivity index (χ0n) is 28.1. The van der Waals surface area contributed by atoms with Gasteiger partial charge in [-0.3, -0.25) is 9.59 Å². The van der Waals surface area contributed by atoms with Crippen LogP contribution in [0.1, 0.15) is 114 Å². The number of nitrogens with one attached hydrogen (secondary N) is 2. The average Bonchev–Trinajstić information content (AvgIpc) is 3.39. The molecule has 260 valence electrons. The number of aromatic carboxylic acids is 1. The molecule has 4 aliphatic carbocycles. The molecular weight excluding hydrogens is 600 g/mol. The van der Waals surface area contributed by atoms with Crippen LogP contribution in [0, 0.1) is 46.3 Å². The van der Waals surface area contributed by atoms with Crippen molar-refractivity contribution >= 4 is 23.8 Å². The molecule has 6 N–H and O–H groups in total. The smallest absolute Gasteiger partial charge is 0.335 e. The molecule has 1 aromatic rings. The molecule has 0 spiro atoms. The van der Waals surface area contributed by atoms with Crippen LogP contribution in [0.3, 0.4) is 0 Å². The first-order chi connectivity index (χ1) is 22.2. The van der Waals surface area contributed by atoms with Crippen LogP contribution in [-0.2, 0) is 20.9 Å². The number of carbonyl (C=O) groups excluding carboxylic acids is 2. The monoisotopic (exact) mass is 654 g/mol. The standard InChI is InChI=1S/C37H54N2O8/c1-21(4-12-32(43)39-29(35(46)47)11-13-31(42)38-20-22-5-7-23(8-6-22)34(44)45)26-9-10-27-33-28(15-17-37(26,27)3)36(2)16-14-25(40)18-24(36)19-30(33)41/h5-8,21,24-30,33,40-41H,4,9-20H2,1-3H3,(H,38,42)(H,39,43)(H,44,45)(H,46,47)/t21-,24+,25-,26-,27+,28+,29+,30-,33+,36+,37-/m1/s1. The molecule has 0 saturated heterocycles. The van der Waals surface area contributed by atoms with Crippen LogP contribution < -0.4 is 10.6 Å². The lowest BCUT2D eigenvalue weighted by atomic mass is 9.43. The van der Waals surface area contributed by atoms with Crippen LogP contribution in [0.2, 0.25) is 0 Å². The second-order valence-electron chi connectivity index (χ2n) is 15.7. The topological polar surface area (TPSA) is 173 Å². The van der Waals surface area contributed by atoms with E-state index in [0.717, 1.165) is 56.9 Å². The van der Waals surface area contributed by atoms with Crippen molar-refractivity contribution < 1.29 is 39.6 Å². The first-order valence-corrected chi connectivity index (χ1v) is 17.7. The summed E-state index contributed by atoms with van der Waals surface area (Å²) in [6.45, 7) is 7.23. The van der Waals surface area contributed by atoms with Crippen LogP contribution >= 0.6 is 0 Å². The molecule has 0 unspecified atom stereocenters. The van der Waals surface area contributed by atoms with Crippen LogP contribution in [0.4, 0.5) is 0 Å². The Kier molecular flexibility index (Phi) is 10.7. The van der Waals surface area contributed by atoms with E-state index < -0.39 is 18.0 Å². The van der Waals surface area contributed by atoms with E-state index in [4.69, 9.17) is 5.11 Å². The second-order valence-corrected chi connectivity index (χ2v) is 15.7. The van der Waals surface area contributed by atoms with E-state index in [2.05, 4.69) is 31.4 Å². The Bertz CT molecular complexity index is 1320. The number of fused-ring (bicyclic) bond motifs is 5. The summed E-state index contributed by atoms with van der Waals surface area (Å²) in [6, 6.07) is 4.97. The average molecular weight is 655 g/mol. The van der Waals surface area contributed by atoms with Gasteiger partial charge in [0.25, 0.3) is 0 Å². The van der Waals surface area contributed by atoms with E-state index in [1.54, 1.807) is 12.1 Å². The molecule has 47 heavy (non-hydrogen) atoms. The Morgan fingerprint density at radius 1 is 0.851 bits per heavy atom. The third-order valence-electron chi connectivity index (χ3n) is 13.2. The molecule has 10 nitrogen and oxygen atoms in total. The molecule has 4 aliphatic rings. The number of hydrogen-bond donors (Lipinski definition) is 6. The van der Waals surface area contributed by atoms with Crippen LogP contribution in [0.15, 0.2) is 24.3 Å². The molecule has 4 saturated carbocycles. The Labute approximate surface area is 278 Å². The Balaban J connectivity index is 1.09. The van der Waals surface area contributed by atoms with Crippen molar-refractivity contribution in [1.29, 1.82) is 0 Å². The number of aliphatic hydroxyl groups excluding tert-OH is 2. The molecule has 0 heterocycles. The van der Waals surface area contributed by atoms with Gasteiger partial charge in [-0.05, 0) is 128 Å². The molecule has 0 bridgehead atoms. The molecule has 10 heteroatoms. The van der Waals surface area contributed by atoms with Crippen molar-refractivity contribution in [2.24, 2.45) is 46.3 Å². The van der Waals surface area contributed by atoms with Crippen molar-refractivity contribution in [3.8, 4) is 0 Å². The fourth-order valence-corrected chi connectivity index (χ4v) is 10.6. The minimum absolute atomic E-state index is 0.0353. The van der Waals surface area contributed by atoms with E-state index in [-0.39, 0.29) is 78.1 Å². The van der Waals surface area contributed by atoms with Gasteiger partial charge in [-0.2, -0.15) is 0 Å². The number of amides is 2. The molecule has 0 radical (unpaired) electrons. The Morgan fingerprint density at radius 2 is 1.51 bits per heavy atom. The lowest BCUT2D eigenvalue weighted by molar-refractivity contribution is -0.174. The predicted octanol–water partition coefficient (Wildman–Crippen LogP) is 4.76. The quantitative estimate of drug-likeness (QED) is 0.187. The number of benzene rings is 1. The van der Waals surface area contributed by atoms with Crippen molar-refractivity contribution in [1.82, 2.24) is 10.6 Å². The summed E-state index contributed by atoms with van der Waals surface area (Å²) in [5.74, 6) is -0.563. The molecule has 2 amide bonds. The fourth-order valence-electron chi connectivity index (χ4n) is 10.6. The van der Waals surface area contributed by atoms with Crippen molar-refractivity contribution in [2.75, 3.05) is 0 Å². The third kappa shape index (κ3) is 7.38. The van der Waals surface area contributed by atoms with Crippen LogP contribution in [0.5, 0.6) is 0 Å². The highest BCUT2D eigenvalue weighted by Crippen LogP contribution is 2.68. The van der Waals surface area contributed by atoms with E-state index in [0.29, 0.717) is 30.1 Å². The van der Waals surface area contributed by atoms with Crippen LogP contribution in [0.25, 0.3) is 0 Å². The highest BCUT2D eigenvalue weighted by molar-refractivity contribution is 5.87. The lowest BCUT2D eigenvalue weighted by Crippen LogP contribution is -2.58. The lowest BCUT2D eigenvalue weighted by Gasteiger charge is -2.62. The molecule has 5 rings (SSSR count). The van der Waals surface area contributed by atoms with Gasteiger partial charge in [0.15, 0.2) is 0 Å². The van der Waals surface area contributed by atoms with Gasteiger partial charge in [-0.1, -0.05) is 32.9 Å². The van der Waals surface area contributed by atoms with Gasteiger partial charge in [0.2, 0.25) is 11.8 Å². The number of hydrogen-bond acceptors (Lipinski definition) is 6. The first kappa shape index (κ1) is 35.3. The van der Waals surface area contributed by atoms with E-state index in [9.17, 15) is 34.5 Å². The van der Waals surface area contributed by atoms with Gasteiger partial charge in [0.05, 0.1) is 17.8 Å². The Morgan fingerprint density at radius 3 is 2.19 bits per heavy atom. The maximum Gasteiger partial charge on any atom is 0.335 e. The minimum atomic E-state index is -1.18. The zero-order valence-corrected chi connectivity index (χ0v) is 28.1. The summed E-state index contributed by atoms with van der Waals surface area (Å²) in [6.07, 6.45) is 8.09. The normalized spacial score (nSPS) is 35.8. The van der Waals surface area contributed by atoms with E-state index in [1.165, 1.54) is 12.1 Å². The predicted molar refractivity (Wildman–Crippen MR) is 175 cm³/mol. The van der Waals surface area contributed by atoms with Crippen molar-refractivity contribution in [3.05, 3.63) is 35.4 Å². The summed E-state index contributed by atoms with van der Waals surface area (Å²) in [7, 11) is 0. The number of aliphatic carboxylic acids is 1. The summed E-state index contributed by atoms with van der Waals surface area (Å²) in [4.78, 5) is 48.2. The van der Waals surface area contributed by atoms with Crippen LogP contribution in [-0.4, -0.2) is 62.4 Å². The molecule has 1 aromatic carbocycles. The van der Waals surface area contributed by atoms with E-state index in [1.807, 2.05) is 0 Å². The number of aliphatic hydroxyl groups is 2. The molecule has 4 fully saturated rings. The maximum absolute atomic E-state index is 12.9. The summed E-state index contributed by atoms with van der Waals surface area (Å²) in [5, 5.41) is 45.9. The fraction of sp³-hybridized carbons (Fsp3) is 0.730. The van der Waals surface area contributed by atoms with Gasteiger partial charge in [0, 0.05) is 19.4 Å². The Hall–Kier alpha value is -2.98. The summed E-state index contributed by atoms with van der Waals surface area (Å²) < 4.78 is 0. The van der Waals surface area contributed by atoms with Crippen molar-refractivity contribution in [3.63, 3.8) is 0 Å². The molecular formula is C37H54N2O8. The second kappa shape index (κ2) is 14.2. The van der Waals surface area contributed by atoms with Gasteiger partial charge in [-0.25, -0.2) is 9.59 Å². The van der Waals surface area contributed by atoms with Gasteiger partial charge in [-0.15, -0.1) is 0 Å². The zero-order chi connectivity index (χ0) is 34.1. The maximum atomic E-state index is 12.9. The molecule has 0 aliphatic heterocycles. The summed E-state index contributed by atoms with van der Waals surface area (Å²) >= 11 is 0. The van der Waals surface area contributed by atoms with Crippen molar-refractivity contribution in [2.45, 2.75) is 123 Å².